The number of amides is 1. The Morgan fingerprint density at radius 2 is 2.08 bits per heavy atom. The molecule has 7 heteroatoms. The number of hydrogen-bond acceptors (Lipinski definition) is 6. The average molecular weight is 359 g/mol. The van der Waals surface area contributed by atoms with Crippen molar-refractivity contribution in [2.45, 2.75) is 25.9 Å². The van der Waals surface area contributed by atoms with Crippen LogP contribution >= 0.6 is 0 Å². The summed E-state index contributed by atoms with van der Waals surface area (Å²) >= 11 is 0. The lowest BCUT2D eigenvalue weighted by molar-refractivity contribution is -0.117. The number of aryl methyl sites for hydroxylation is 1. The largest absolute Gasteiger partial charge is 0.497 e. The van der Waals surface area contributed by atoms with Gasteiger partial charge in [-0.1, -0.05) is 17.3 Å². The molecule has 2 N–H and O–H groups in total. The molecule has 3 rings (SSSR count). The van der Waals surface area contributed by atoms with Crippen molar-refractivity contribution in [3.05, 3.63) is 41.6 Å². The van der Waals surface area contributed by atoms with E-state index in [4.69, 9.17) is 9.26 Å². The smallest absolute Gasteiger partial charge is 0.240 e. The Labute approximate surface area is 152 Å². The molecule has 7 nitrogen and oxygen atoms in total. The molecule has 0 aliphatic carbocycles. The molecule has 0 radical (unpaired) electrons. The van der Waals surface area contributed by atoms with Crippen molar-refractivity contribution in [1.82, 2.24) is 10.1 Å². The van der Waals surface area contributed by atoms with Crippen LogP contribution in [0.25, 0.3) is 0 Å². The van der Waals surface area contributed by atoms with Crippen LogP contribution in [0.1, 0.15) is 30.2 Å². The number of aromatic nitrogens is 1. The van der Waals surface area contributed by atoms with E-state index in [0.717, 1.165) is 42.9 Å². The van der Waals surface area contributed by atoms with Gasteiger partial charge in [-0.05, 0) is 56.5 Å². The third-order valence-corrected chi connectivity index (χ3v) is 4.79. The maximum absolute atomic E-state index is 12.1. The minimum absolute atomic E-state index is 0.115. The van der Waals surface area contributed by atoms with Crippen LogP contribution in [-0.4, -0.2) is 47.8 Å². The number of piperidine rings is 1. The van der Waals surface area contributed by atoms with Crippen LogP contribution in [0.2, 0.25) is 0 Å². The van der Waals surface area contributed by atoms with Crippen LogP contribution in [0.15, 0.2) is 34.9 Å². The highest BCUT2D eigenvalue weighted by Crippen LogP contribution is 2.31. The molecular formula is C19H25N3O4. The number of methoxy groups -OCH3 is 1. The lowest BCUT2D eigenvalue weighted by atomic mass is 9.87. The summed E-state index contributed by atoms with van der Waals surface area (Å²) in [6, 6.07) is 9.23. The standard InChI is InChI=1S/C19H25N3O4/c1-13-11-18(26-21-13)20-17(23)12-22-9-7-15(8-10-22)19(24)14-3-5-16(25-2)6-4-14/h3-6,11,15,19,24H,7-10,12H2,1-2H3,(H,20,23). The Balaban J connectivity index is 1.46. The van der Waals surface area contributed by atoms with Crippen LogP contribution < -0.4 is 10.1 Å². The van der Waals surface area contributed by atoms with E-state index in [1.54, 1.807) is 20.1 Å². The quantitative estimate of drug-likeness (QED) is 0.823. The van der Waals surface area contributed by atoms with Crippen molar-refractivity contribution in [3.63, 3.8) is 0 Å². The Morgan fingerprint density at radius 3 is 2.65 bits per heavy atom. The zero-order chi connectivity index (χ0) is 18.5. The number of nitrogens with zero attached hydrogens (tertiary/aromatic N) is 2. The van der Waals surface area contributed by atoms with Crippen molar-refractivity contribution in [2.24, 2.45) is 5.92 Å². The van der Waals surface area contributed by atoms with Crippen molar-refractivity contribution in [1.29, 1.82) is 0 Å². The van der Waals surface area contributed by atoms with Crippen molar-refractivity contribution in [3.8, 4) is 5.75 Å². The summed E-state index contributed by atoms with van der Waals surface area (Å²) in [5.74, 6) is 1.23. The molecule has 1 amide bonds. The second kappa shape index (κ2) is 8.33. The van der Waals surface area contributed by atoms with Crippen LogP contribution in [-0.2, 0) is 4.79 Å². The maximum atomic E-state index is 12.1. The number of benzene rings is 1. The summed E-state index contributed by atoms with van der Waals surface area (Å²) in [6.07, 6.45) is 1.21. The van der Waals surface area contributed by atoms with Crippen LogP contribution in [0.3, 0.4) is 0 Å². The predicted octanol–water partition coefficient (Wildman–Crippen LogP) is 2.38. The zero-order valence-corrected chi connectivity index (χ0v) is 15.1. The molecule has 2 heterocycles. The molecule has 1 aromatic carbocycles. The SMILES string of the molecule is COc1ccc(C(O)C2CCN(CC(=O)Nc3cc(C)no3)CC2)cc1. The molecule has 140 valence electrons. The number of aliphatic hydroxyl groups excluding tert-OH is 1. The van der Waals surface area contributed by atoms with Gasteiger partial charge in [-0.15, -0.1) is 0 Å². The molecular weight excluding hydrogens is 334 g/mol. The molecule has 1 atom stereocenters. The molecule has 1 aromatic heterocycles. The van der Waals surface area contributed by atoms with Crippen molar-refractivity contribution in [2.75, 3.05) is 32.1 Å². The lowest BCUT2D eigenvalue weighted by Crippen LogP contribution is -2.40. The third kappa shape index (κ3) is 4.62. The van der Waals surface area contributed by atoms with Crippen LogP contribution in [0.4, 0.5) is 5.88 Å². The van der Waals surface area contributed by atoms with E-state index >= 15 is 0 Å². The summed E-state index contributed by atoms with van der Waals surface area (Å²) in [4.78, 5) is 14.2. The summed E-state index contributed by atoms with van der Waals surface area (Å²) < 4.78 is 10.1. The molecule has 1 saturated heterocycles. The summed E-state index contributed by atoms with van der Waals surface area (Å²) in [5.41, 5.74) is 1.64. The number of hydrogen-bond donors (Lipinski definition) is 2. The monoisotopic (exact) mass is 359 g/mol. The zero-order valence-electron chi connectivity index (χ0n) is 15.1. The van der Waals surface area contributed by atoms with Gasteiger partial charge in [-0.3, -0.25) is 15.0 Å². The second-order valence-corrected chi connectivity index (χ2v) is 6.71. The van der Waals surface area contributed by atoms with Gasteiger partial charge in [0.25, 0.3) is 0 Å². The summed E-state index contributed by atoms with van der Waals surface area (Å²) in [7, 11) is 1.63. The van der Waals surface area contributed by atoms with E-state index in [2.05, 4.69) is 15.4 Å². The highest BCUT2D eigenvalue weighted by Gasteiger charge is 2.27. The predicted molar refractivity (Wildman–Crippen MR) is 97.0 cm³/mol. The molecule has 1 aliphatic heterocycles. The number of carbonyl (C=O) groups excluding carboxylic acids is 1. The van der Waals surface area contributed by atoms with Gasteiger partial charge in [0, 0.05) is 6.07 Å². The molecule has 0 spiro atoms. The Bertz CT molecular complexity index is 721. The topological polar surface area (TPSA) is 87.8 Å². The molecule has 2 aromatic rings. The van der Waals surface area contributed by atoms with Gasteiger partial charge in [0.1, 0.15) is 5.75 Å². The fourth-order valence-electron chi connectivity index (χ4n) is 3.30. The number of aliphatic hydroxyl groups is 1. The highest BCUT2D eigenvalue weighted by atomic mass is 16.5. The molecule has 1 unspecified atom stereocenters. The maximum Gasteiger partial charge on any atom is 0.240 e. The van der Waals surface area contributed by atoms with Gasteiger partial charge in [-0.25, -0.2) is 0 Å². The number of ether oxygens (including phenoxy) is 1. The van der Waals surface area contributed by atoms with Gasteiger partial charge in [0.2, 0.25) is 11.8 Å². The van der Waals surface area contributed by atoms with E-state index in [0.29, 0.717) is 12.4 Å². The minimum atomic E-state index is -0.492. The molecule has 1 fully saturated rings. The van der Waals surface area contributed by atoms with Gasteiger partial charge >= 0.3 is 0 Å². The molecule has 0 bridgehead atoms. The third-order valence-electron chi connectivity index (χ3n) is 4.79. The minimum Gasteiger partial charge on any atom is -0.497 e. The first-order valence-corrected chi connectivity index (χ1v) is 8.82. The number of likely N-dealkylation sites (tertiary alicyclic amines) is 1. The number of rotatable bonds is 6. The van der Waals surface area contributed by atoms with E-state index in [1.165, 1.54) is 0 Å². The van der Waals surface area contributed by atoms with E-state index in [1.807, 2.05) is 24.3 Å². The first-order chi connectivity index (χ1) is 12.5. The fraction of sp³-hybridized carbons (Fsp3) is 0.474. The van der Waals surface area contributed by atoms with Gasteiger partial charge in [-0.2, -0.15) is 0 Å². The Kier molecular flexibility index (Phi) is 5.90. The molecule has 0 saturated carbocycles. The first kappa shape index (κ1) is 18.4. The van der Waals surface area contributed by atoms with Gasteiger partial charge < -0.3 is 14.4 Å². The Morgan fingerprint density at radius 1 is 1.38 bits per heavy atom. The van der Waals surface area contributed by atoms with Crippen LogP contribution in [0, 0.1) is 12.8 Å². The first-order valence-electron chi connectivity index (χ1n) is 8.82. The average Bonchev–Trinajstić information content (AvgIpc) is 3.06. The van der Waals surface area contributed by atoms with E-state index in [9.17, 15) is 9.90 Å². The van der Waals surface area contributed by atoms with Gasteiger partial charge in [0.05, 0.1) is 25.5 Å². The van der Waals surface area contributed by atoms with Crippen LogP contribution in [0.5, 0.6) is 5.75 Å². The number of carbonyl (C=O) groups is 1. The summed E-state index contributed by atoms with van der Waals surface area (Å²) in [5, 5.41) is 17.1. The fourth-order valence-corrected chi connectivity index (χ4v) is 3.30. The normalized spacial score (nSPS) is 17.0. The lowest BCUT2D eigenvalue weighted by Gasteiger charge is -2.33. The van der Waals surface area contributed by atoms with E-state index in [-0.39, 0.29) is 11.8 Å². The van der Waals surface area contributed by atoms with E-state index < -0.39 is 6.10 Å². The summed E-state index contributed by atoms with van der Waals surface area (Å²) in [6.45, 7) is 3.67. The molecule has 1 aliphatic rings. The number of nitrogens with one attached hydrogen (secondary N) is 1. The second-order valence-electron chi connectivity index (χ2n) is 6.71. The molecule has 26 heavy (non-hydrogen) atoms. The highest BCUT2D eigenvalue weighted by molar-refractivity contribution is 5.90. The van der Waals surface area contributed by atoms with Crippen molar-refractivity contribution >= 4 is 11.8 Å². The number of anilines is 1. The van der Waals surface area contributed by atoms with Gasteiger partial charge in [0.15, 0.2) is 0 Å². The van der Waals surface area contributed by atoms with Crippen molar-refractivity contribution < 1.29 is 19.2 Å². The Hall–Kier alpha value is -2.38.